The third kappa shape index (κ3) is 7.32. The lowest BCUT2D eigenvalue weighted by Crippen LogP contribution is -2.46. The van der Waals surface area contributed by atoms with Crippen molar-refractivity contribution in [2.24, 2.45) is 0 Å². The molecule has 0 aliphatic heterocycles. The van der Waals surface area contributed by atoms with Gasteiger partial charge in [-0.15, -0.1) is 0 Å². The Hall–Kier alpha value is -3.39. The third-order valence-corrected chi connectivity index (χ3v) is 6.34. The van der Waals surface area contributed by atoms with Crippen molar-refractivity contribution >= 4 is 39.3 Å². The van der Waals surface area contributed by atoms with E-state index >= 15 is 0 Å². The highest BCUT2D eigenvalue weighted by Gasteiger charge is 2.65. The van der Waals surface area contributed by atoms with Crippen LogP contribution in [0.1, 0.15) is 17.2 Å². The minimum Gasteiger partial charge on any atom is -0.354 e. The van der Waals surface area contributed by atoms with Crippen LogP contribution in [0.15, 0.2) is 72.1 Å². The topological polar surface area (TPSA) is 75.2 Å². The minimum atomic E-state index is -10.1. The molecule has 3 rings (SSSR count). The Labute approximate surface area is 211 Å². The Morgan fingerprint density at radius 1 is 1.00 bits per heavy atom. The van der Waals surface area contributed by atoms with Crippen LogP contribution in [0.3, 0.4) is 0 Å². The van der Waals surface area contributed by atoms with Gasteiger partial charge in [-0.1, -0.05) is 43.2 Å². The Kier molecular flexibility index (Phi) is 7.48. The zero-order chi connectivity index (χ0) is 27.5. The molecule has 1 heterocycles. The van der Waals surface area contributed by atoms with Crippen LogP contribution < -0.4 is 10.2 Å². The highest BCUT2D eigenvalue weighted by molar-refractivity contribution is 8.45. The maximum absolute atomic E-state index is 14.0. The number of rotatable bonds is 9. The van der Waals surface area contributed by atoms with Crippen molar-refractivity contribution < 1.29 is 37.8 Å². The smallest absolute Gasteiger partial charge is 0.310 e. The third-order valence-electron chi connectivity index (χ3n) is 4.99. The molecule has 3 aromatic rings. The molecule has 15 heteroatoms. The maximum atomic E-state index is 14.0. The van der Waals surface area contributed by atoms with Crippen LogP contribution in [-0.2, 0) is 16.0 Å². The number of alkyl halides is 2. The lowest BCUT2D eigenvalue weighted by molar-refractivity contribution is -0.127. The Morgan fingerprint density at radius 2 is 1.62 bits per heavy atom. The lowest BCUT2D eigenvalue weighted by Gasteiger charge is -2.40. The summed E-state index contributed by atoms with van der Waals surface area (Å²) in [4.78, 5) is 31.5. The highest BCUT2D eigenvalue weighted by atomic mass is 35.5. The van der Waals surface area contributed by atoms with Gasteiger partial charge in [-0.3, -0.25) is 14.5 Å². The normalized spacial score (nSPS) is 15.1. The van der Waals surface area contributed by atoms with Crippen LogP contribution >= 0.6 is 21.8 Å². The molecule has 37 heavy (non-hydrogen) atoms. The van der Waals surface area contributed by atoms with Crippen molar-refractivity contribution in [2.75, 3.05) is 11.4 Å². The molecular formula is C22H18ClF7N4O2S. The van der Waals surface area contributed by atoms with Crippen LogP contribution in [0.4, 0.5) is 33.9 Å². The zero-order valence-electron chi connectivity index (χ0n) is 18.5. The van der Waals surface area contributed by atoms with Crippen molar-refractivity contribution in [1.82, 2.24) is 15.3 Å². The molecule has 1 N–H and O–H groups in total. The molecule has 0 saturated heterocycles. The molecule has 2 amide bonds. The summed E-state index contributed by atoms with van der Waals surface area (Å²) in [5, 5.41) is 2.47. The van der Waals surface area contributed by atoms with Crippen molar-refractivity contribution in [1.29, 1.82) is 0 Å². The van der Waals surface area contributed by atoms with Gasteiger partial charge < -0.3 is 5.32 Å². The molecule has 0 spiro atoms. The van der Waals surface area contributed by atoms with E-state index in [-0.39, 0.29) is 30.7 Å². The summed E-state index contributed by atoms with van der Waals surface area (Å²) in [6.07, 6.45) is 3.41. The van der Waals surface area contributed by atoms with E-state index < -0.39 is 50.1 Å². The van der Waals surface area contributed by atoms with E-state index in [9.17, 15) is 37.8 Å². The van der Waals surface area contributed by atoms with Gasteiger partial charge in [0, 0.05) is 30.2 Å². The van der Waals surface area contributed by atoms with Gasteiger partial charge in [-0.05, 0) is 48.4 Å². The fraction of sp³-hybridized carbons (Fsp3) is 0.182. The molecule has 2 atom stereocenters. The van der Waals surface area contributed by atoms with Gasteiger partial charge >= 0.3 is 10.2 Å². The fourth-order valence-corrected chi connectivity index (χ4v) is 4.12. The summed E-state index contributed by atoms with van der Waals surface area (Å²) in [7, 11) is -10.1. The largest absolute Gasteiger partial charge is 0.354 e. The first-order chi connectivity index (χ1) is 17.1. The first-order valence-electron chi connectivity index (χ1n) is 10.3. The van der Waals surface area contributed by atoms with E-state index in [1.54, 1.807) is 6.07 Å². The van der Waals surface area contributed by atoms with Crippen molar-refractivity contribution in [3.63, 3.8) is 0 Å². The summed E-state index contributed by atoms with van der Waals surface area (Å²) in [6.45, 7) is -0.0857. The van der Waals surface area contributed by atoms with Gasteiger partial charge in [0.25, 0.3) is 11.5 Å². The highest BCUT2D eigenvalue weighted by Crippen LogP contribution is 3.02. The monoisotopic (exact) mass is 570 g/mol. The minimum absolute atomic E-state index is 0.0129. The Morgan fingerprint density at radius 3 is 2.16 bits per heavy atom. The summed E-state index contributed by atoms with van der Waals surface area (Å²) in [5.41, 5.74) is -2.85. The predicted octanol–water partition coefficient (Wildman–Crippen LogP) is 6.24. The quantitative estimate of drug-likeness (QED) is 0.244. The number of anilines is 1. The maximum Gasteiger partial charge on any atom is 0.310 e. The number of hydrogen-bond donors (Lipinski definition) is 1. The number of nitrogens with one attached hydrogen (secondary N) is 1. The number of nitrogens with zero attached hydrogens (tertiary/aromatic N) is 3. The van der Waals surface area contributed by atoms with Crippen molar-refractivity contribution in [2.45, 2.75) is 23.0 Å². The molecule has 0 fully saturated rings. The predicted molar refractivity (Wildman–Crippen MR) is 124 cm³/mol. The summed E-state index contributed by atoms with van der Waals surface area (Å²) in [6, 6.07) is 4.73. The molecule has 200 valence electrons. The van der Waals surface area contributed by atoms with Crippen molar-refractivity contribution in [3.05, 3.63) is 84.2 Å². The van der Waals surface area contributed by atoms with Gasteiger partial charge in [0.15, 0.2) is 0 Å². The van der Waals surface area contributed by atoms with Gasteiger partial charge in [0.1, 0.15) is 23.1 Å². The first kappa shape index (κ1) is 28.2. The summed E-state index contributed by atoms with van der Waals surface area (Å²) >= 11 is 5.31. The fourth-order valence-electron chi connectivity index (χ4n) is 3.36. The van der Waals surface area contributed by atoms with Crippen LogP contribution in [-0.4, -0.2) is 34.0 Å². The Balaban J connectivity index is 1.99. The summed E-state index contributed by atoms with van der Waals surface area (Å²) < 4.78 is 93.1. The second kappa shape index (κ2) is 9.82. The van der Waals surface area contributed by atoms with E-state index in [0.29, 0.717) is 22.6 Å². The van der Waals surface area contributed by atoms with E-state index in [1.807, 2.05) is 0 Å². The average molecular weight is 571 g/mol. The van der Waals surface area contributed by atoms with Gasteiger partial charge in [-0.2, -0.15) is 0 Å². The molecule has 0 aliphatic rings. The zero-order valence-corrected chi connectivity index (χ0v) is 20.1. The number of carbonyl (C=O) groups is 2. The number of hydrogen-bond acceptors (Lipinski definition) is 4. The van der Waals surface area contributed by atoms with Gasteiger partial charge in [0.2, 0.25) is 5.91 Å². The number of halogens is 8. The van der Waals surface area contributed by atoms with E-state index in [2.05, 4.69) is 15.3 Å². The van der Waals surface area contributed by atoms with Crippen LogP contribution in [0, 0.1) is 5.82 Å². The second-order valence-corrected chi connectivity index (χ2v) is 10.5. The van der Waals surface area contributed by atoms with Gasteiger partial charge in [0.05, 0.1) is 0 Å². The number of carbonyl (C=O) groups excluding carboxylic acids is 2. The van der Waals surface area contributed by atoms with Crippen LogP contribution in [0.2, 0.25) is 0 Å². The molecule has 0 unspecified atom stereocenters. The van der Waals surface area contributed by atoms with Gasteiger partial charge in [-0.25, -0.2) is 18.7 Å². The standard InChI is InChI=1S/C22H18ClF7N4O2S/c23-20(25)22(36)34(17-4-6-18(7-5-17)37(26,27,28,29)30)19(15-11-31-13-32-12-15)21(35)33-9-8-14-2-1-3-16(24)10-14/h1-7,10-13,19-20H,8-9H2,(H,33,35)/t19-,20-/m1/s1. The number of benzene rings is 2. The number of aromatic nitrogens is 2. The SMILES string of the molecule is O=C(NCCc1cccc(F)c1)[C@@H](c1cncnc1)N(C(=O)[C@@H](F)Cl)c1ccc(S(F)(F)(F)(F)F)cc1. The molecule has 0 saturated carbocycles. The van der Waals surface area contributed by atoms with E-state index in [4.69, 9.17) is 11.6 Å². The van der Waals surface area contributed by atoms with E-state index in [1.165, 1.54) is 18.2 Å². The average Bonchev–Trinajstić information content (AvgIpc) is 2.81. The molecule has 2 aromatic carbocycles. The molecule has 0 radical (unpaired) electrons. The molecular weight excluding hydrogens is 553 g/mol. The molecule has 6 nitrogen and oxygen atoms in total. The van der Waals surface area contributed by atoms with E-state index in [0.717, 1.165) is 18.7 Å². The molecule has 0 aliphatic carbocycles. The molecule has 0 bridgehead atoms. The van der Waals surface area contributed by atoms with Crippen LogP contribution in [0.5, 0.6) is 0 Å². The lowest BCUT2D eigenvalue weighted by atomic mass is 10.1. The first-order valence-corrected chi connectivity index (χ1v) is 12.7. The molecule has 1 aromatic heterocycles. The Bertz CT molecular complexity index is 1280. The van der Waals surface area contributed by atoms with Crippen LogP contribution in [0.25, 0.3) is 0 Å². The number of amides is 2. The van der Waals surface area contributed by atoms with Crippen molar-refractivity contribution in [3.8, 4) is 0 Å². The second-order valence-electron chi connectivity index (χ2n) is 7.72. The summed E-state index contributed by atoms with van der Waals surface area (Å²) in [5.74, 6) is -3.02.